The molecule has 1 unspecified atom stereocenters. The predicted molar refractivity (Wildman–Crippen MR) is 115 cm³/mol. The number of nitrogens with two attached hydrogens (primary N) is 1. The first-order valence-electron chi connectivity index (χ1n) is 9.53. The van der Waals surface area contributed by atoms with Gasteiger partial charge < -0.3 is 25.8 Å². The highest BCUT2D eigenvalue weighted by molar-refractivity contribution is 7.09. The molecule has 0 bridgehead atoms. The fraction of sp³-hybridized carbons (Fsp3) is 0.400. The Morgan fingerprint density at radius 2 is 2.30 bits per heavy atom. The first-order chi connectivity index (χ1) is 14.4. The number of benzene rings is 1. The number of aromatic nitrogens is 1. The lowest BCUT2D eigenvalue weighted by atomic mass is 10.1. The van der Waals surface area contributed by atoms with E-state index in [2.05, 4.69) is 15.3 Å². The Kier molecular flexibility index (Phi) is 7.01. The summed E-state index contributed by atoms with van der Waals surface area (Å²) in [5.41, 5.74) is 9.71. The van der Waals surface area contributed by atoms with Gasteiger partial charge in [0.1, 0.15) is 24.1 Å². The summed E-state index contributed by atoms with van der Waals surface area (Å²) < 4.78 is 5.84. The van der Waals surface area contributed by atoms with Crippen LogP contribution in [-0.2, 0) is 16.2 Å². The van der Waals surface area contributed by atoms with E-state index in [0.29, 0.717) is 36.6 Å². The molecule has 1 fully saturated rings. The molecule has 10 heteroatoms. The van der Waals surface area contributed by atoms with Crippen LogP contribution in [0.2, 0.25) is 0 Å². The maximum absolute atomic E-state index is 12.8. The molecule has 1 atom stereocenters. The number of hydrogen-bond donors (Lipinski definition) is 3. The van der Waals surface area contributed by atoms with Crippen molar-refractivity contribution < 1.29 is 19.4 Å². The van der Waals surface area contributed by atoms with Gasteiger partial charge >= 0.3 is 0 Å². The third-order valence-electron chi connectivity index (χ3n) is 4.91. The second-order valence-electron chi connectivity index (χ2n) is 6.83. The van der Waals surface area contributed by atoms with Crippen LogP contribution < -0.4 is 15.8 Å². The standard InChI is InChI=1S/C20H25N5O4S/c1-12-17(30-11-23-12)10-29-13-3-4-15(21)14(9-13)18(22-2)19(27)24-16-5-6-25(7-8-26)20(16)28/h3-4,9,11,16,26H,5-8,10,21H2,1-2H3,(H,24,27). The third kappa shape index (κ3) is 4.77. The lowest BCUT2D eigenvalue weighted by Crippen LogP contribution is -2.45. The van der Waals surface area contributed by atoms with Crippen molar-refractivity contribution in [3.63, 3.8) is 0 Å². The van der Waals surface area contributed by atoms with Crippen molar-refractivity contribution >= 4 is 34.6 Å². The number of carbonyl (C=O) groups is 2. The van der Waals surface area contributed by atoms with E-state index in [1.54, 1.807) is 23.7 Å². The fourth-order valence-corrected chi connectivity index (χ4v) is 3.92. The van der Waals surface area contributed by atoms with Crippen molar-refractivity contribution in [2.24, 2.45) is 4.99 Å². The molecule has 160 valence electrons. The van der Waals surface area contributed by atoms with Gasteiger partial charge in [-0.15, -0.1) is 11.3 Å². The Morgan fingerprint density at radius 1 is 1.50 bits per heavy atom. The quantitative estimate of drug-likeness (QED) is 0.418. The number of aliphatic hydroxyl groups excluding tert-OH is 1. The molecular weight excluding hydrogens is 406 g/mol. The zero-order valence-corrected chi connectivity index (χ0v) is 17.7. The van der Waals surface area contributed by atoms with E-state index in [9.17, 15) is 9.59 Å². The van der Waals surface area contributed by atoms with Gasteiger partial charge in [0.25, 0.3) is 5.91 Å². The van der Waals surface area contributed by atoms with Crippen molar-refractivity contribution in [3.8, 4) is 5.75 Å². The second kappa shape index (κ2) is 9.68. The number of carbonyl (C=O) groups excluding carboxylic acids is 2. The summed E-state index contributed by atoms with van der Waals surface area (Å²) in [5, 5.41) is 11.8. The lowest BCUT2D eigenvalue weighted by molar-refractivity contribution is -0.131. The number of ether oxygens (including phenoxy) is 1. The van der Waals surface area contributed by atoms with Crippen LogP contribution in [0.3, 0.4) is 0 Å². The first kappa shape index (κ1) is 21.7. The molecule has 0 radical (unpaired) electrons. The Balaban J connectivity index is 1.71. The van der Waals surface area contributed by atoms with Crippen molar-refractivity contribution in [3.05, 3.63) is 39.8 Å². The third-order valence-corrected chi connectivity index (χ3v) is 5.81. The number of anilines is 1. The maximum Gasteiger partial charge on any atom is 0.270 e. The number of likely N-dealkylation sites (tertiary alicyclic amines) is 1. The minimum atomic E-state index is -0.643. The summed E-state index contributed by atoms with van der Waals surface area (Å²) >= 11 is 1.51. The summed E-state index contributed by atoms with van der Waals surface area (Å²) in [5.74, 6) is -0.145. The van der Waals surface area contributed by atoms with Crippen molar-refractivity contribution in [2.45, 2.75) is 26.0 Å². The minimum absolute atomic E-state index is 0.113. The van der Waals surface area contributed by atoms with Crippen LogP contribution in [0.5, 0.6) is 5.75 Å². The average molecular weight is 432 g/mol. The summed E-state index contributed by atoms with van der Waals surface area (Å²) in [6.45, 7) is 2.92. The van der Waals surface area contributed by atoms with Gasteiger partial charge in [0.2, 0.25) is 5.91 Å². The molecule has 3 rings (SSSR count). The first-order valence-corrected chi connectivity index (χ1v) is 10.4. The van der Waals surface area contributed by atoms with E-state index >= 15 is 0 Å². The monoisotopic (exact) mass is 431 g/mol. The molecule has 2 heterocycles. The maximum atomic E-state index is 12.8. The number of aliphatic hydroxyl groups is 1. The Bertz CT molecular complexity index is 958. The van der Waals surface area contributed by atoms with Gasteiger partial charge in [0, 0.05) is 31.4 Å². The number of nitrogens with one attached hydrogen (secondary N) is 1. The van der Waals surface area contributed by atoms with E-state index in [-0.39, 0.29) is 24.8 Å². The Hall–Kier alpha value is -2.98. The van der Waals surface area contributed by atoms with Crippen molar-refractivity contribution in [2.75, 3.05) is 32.5 Å². The molecular formula is C20H25N5O4S. The fourth-order valence-electron chi connectivity index (χ4n) is 3.23. The number of amides is 2. The van der Waals surface area contributed by atoms with Crippen LogP contribution in [0.1, 0.15) is 22.6 Å². The normalized spacial score (nSPS) is 16.8. The van der Waals surface area contributed by atoms with E-state index in [0.717, 1.165) is 10.6 Å². The highest BCUT2D eigenvalue weighted by Crippen LogP contribution is 2.23. The zero-order chi connectivity index (χ0) is 21.7. The molecule has 0 saturated carbocycles. The number of aliphatic imine (C=N–C) groups is 1. The predicted octanol–water partition coefficient (Wildman–Crippen LogP) is 0.741. The molecule has 1 saturated heterocycles. The number of nitrogens with zero attached hydrogens (tertiary/aromatic N) is 3. The second-order valence-corrected chi connectivity index (χ2v) is 7.77. The number of nitrogen functional groups attached to an aromatic ring is 1. The summed E-state index contributed by atoms with van der Waals surface area (Å²) in [6.07, 6.45) is 0.481. The molecule has 2 aromatic rings. The van der Waals surface area contributed by atoms with Crippen LogP contribution in [0, 0.1) is 6.92 Å². The summed E-state index contributed by atoms with van der Waals surface area (Å²) in [7, 11) is 1.50. The average Bonchev–Trinajstić information content (AvgIpc) is 3.29. The van der Waals surface area contributed by atoms with E-state index in [1.807, 2.05) is 6.92 Å². The van der Waals surface area contributed by atoms with E-state index in [1.165, 1.54) is 23.3 Å². The van der Waals surface area contributed by atoms with Crippen molar-refractivity contribution in [1.29, 1.82) is 0 Å². The van der Waals surface area contributed by atoms with Crippen LogP contribution in [0.25, 0.3) is 0 Å². The van der Waals surface area contributed by atoms with E-state index in [4.69, 9.17) is 15.6 Å². The number of aryl methyl sites for hydroxylation is 1. The van der Waals surface area contributed by atoms with Gasteiger partial charge in [-0.1, -0.05) is 0 Å². The molecule has 0 spiro atoms. The van der Waals surface area contributed by atoms with Crippen LogP contribution in [-0.4, -0.2) is 65.3 Å². The topological polar surface area (TPSA) is 130 Å². The molecule has 1 aliphatic rings. The molecule has 1 aromatic carbocycles. The molecule has 2 amide bonds. The van der Waals surface area contributed by atoms with Crippen molar-refractivity contribution in [1.82, 2.24) is 15.2 Å². The molecule has 30 heavy (non-hydrogen) atoms. The van der Waals surface area contributed by atoms with Gasteiger partial charge in [0.05, 0.1) is 22.7 Å². The molecule has 4 N–H and O–H groups in total. The van der Waals surface area contributed by atoms with Gasteiger partial charge in [-0.25, -0.2) is 4.98 Å². The molecule has 0 aliphatic carbocycles. The molecule has 1 aromatic heterocycles. The Labute approximate surface area is 178 Å². The van der Waals surface area contributed by atoms with Crippen LogP contribution in [0.4, 0.5) is 5.69 Å². The van der Waals surface area contributed by atoms with Crippen LogP contribution >= 0.6 is 11.3 Å². The summed E-state index contributed by atoms with van der Waals surface area (Å²) in [6, 6.07) is 4.41. The van der Waals surface area contributed by atoms with E-state index < -0.39 is 11.9 Å². The SMILES string of the molecule is CN=C(C(=O)NC1CCN(CCO)C1=O)c1cc(OCc2scnc2C)ccc1N. The van der Waals surface area contributed by atoms with Crippen LogP contribution in [0.15, 0.2) is 28.7 Å². The number of β-amino-alcohol motifs (C(OH)–C–C–N with tert-alkyl or cyclic N) is 1. The van der Waals surface area contributed by atoms with Gasteiger partial charge in [-0.3, -0.25) is 14.6 Å². The summed E-state index contributed by atoms with van der Waals surface area (Å²) in [4.78, 5) is 36.0. The van der Waals surface area contributed by atoms with Gasteiger partial charge in [-0.05, 0) is 31.5 Å². The smallest absolute Gasteiger partial charge is 0.270 e. The number of rotatable bonds is 8. The highest BCUT2D eigenvalue weighted by atomic mass is 32.1. The van der Waals surface area contributed by atoms with Gasteiger partial charge in [0.15, 0.2) is 0 Å². The highest BCUT2D eigenvalue weighted by Gasteiger charge is 2.33. The zero-order valence-electron chi connectivity index (χ0n) is 16.9. The molecule has 9 nitrogen and oxygen atoms in total. The minimum Gasteiger partial charge on any atom is -0.488 e. The largest absolute Gasteiger partial charge is 0.488 e. The Morgan fingerprint density at radius 3 is 2.97 bits per heavy atom. The van der Waals surface area contributed by atoms with Gasteiger partial charge in [-0.2, -0.15) is 0 Å². The number of thiazole rings is 1. The lowest BCUT2D eigenvalue weighted by Gasteiger charge is -2.17. The number of hydrogen-bond acceptors (Lipinski definition) is 8. The molecule has 1 aliphatic heterocycles.